The van der Waals surface area contributed by atoms with E-state index in [-0.39, 0.29) is 0 Å². The van der Waals surface area contributed by atoms with E-state index in [1.54, 1.807) is 7.11 Å². The number of rotatable bonds is 9. The highest BCUT2D eigenvalue weighted by molar-refractivity contribution is 5.51. The first-order valence-electron chi connectivity index (χ1n) is 6.27. The van der Waals surface area contributed by atoms with Gasteiger partial charge in [0.15, 0.2) is 0 Å². The third-order valence-electron chi connectivity index (χ3n) is 2.58. The van der Waals surface area contributed by atoms with Crippen molar-refractivity contribution in [1.82, 2.24) is 0 Å². The molecule has 0 bridgehead atoms. The molecule has 0 aliphatic rings. The minimum atomic E-state index is 0.762. The van der Waals surface area contributed by atoms with Crippen LogP contribution >= 0.6 is 0 Å². The molecule has 0 fully saturated rings. The Bertz CT molecular complexity index is 302. The summed E-state index contributed by atoms with van der Waals surface area (Å²) in [6.07, 6.45) is 1.98. The van der Waals surface area contributed by atoms with Gasteiger partial charge in [-0.2, -0.15) is 0 Å². The summed E-state index contributed by atoms with van der Waals surface area (Å²) in [6.45, 7) is 5.35. The van der Waals surface area contributed by atoms with Crippen molar-refractivity contribution < 1.29 is 9.47 Å². The zero-order valence-corrected chi connectivity index (χ0v) is 10.9. The third kappa shape index (κ3) is 5.71. The molecule has 1 aromatic carbocycles. The Hall–Kier alpha value is -1.06. The molecule has 3 heteroatoms. The first-order valence-corrected chi connectivity index (χ1v) is 6.27. The van der Waals surface area contributed by atoms with Gasteiger partial charge in [-0.05, 0) is 31.4 Å². The molecule has 96 valence electrons. The molecule has 0 aliphatic carbocycles. The summed E-state index contributed by atoms with van der Waals surface area (Å²) in [4.78, 5) is 0. The summed E-state index contributed by atoms with van der Waals surface area (Å²) in [5.41, 5.74) is 2.52. The molecule has 0 amide bonds. The Morgan fingerprint density at radius 1 is 1.18 bits per heavy atom. The van der Waals surface area contributed by atoms with Gasteiger partial charge in [0.2, 0.25) is 0 Å². The zero-order valence-electron chi connectivity index (χ0n) is 10.9. The maximum absolute atomic E-state index is 5.31. The molecule has 0 atom stereocenters. The Kier molecular flexibility index (Phi) is 7.43. The minimum Gasteiger partial charge on any atom is -0.385 e. The second-order valence-electron chi connectivity index (χ2n) is 3.88. The van der Waals surface area contributed by atoms with Crippen molar-refractivity contribution in [1.29, 1.82) is 0 Å². The van der Waals surface area contributed by atoms with Crippen molar-refractivity contribution in [3.63, 3.8) is 0 Å². The van der Waals surface area contributed by atoms with E-state index in [0.29, 0.717) is 0 Å². The number of methoxy groups -OCH3 is 1. The largest absolute Gasteiger partial charge is 0.385 e. The Morgan fingerprint density at radius 2 is 2.00 bits per heavy atom. The molecule has 0 aliphatic heterocycles. The number of para-hydroxylation sites is 1. The lowest BCUT2D eigenvalue weighted by atomic mass is 10.1. The van der Waals surface area contributed by atoms with Crippen molar-refractivity contribution >= 4 is 5.69 Å². The number of benzene rings is 1. The lowest BCUT2D eigenvalue weighted by Gasteiger charge is -2.11. The van der Waals surface area contributed by atoms with Crippen LogP contribution in [0.25, 0.3) is 0 Å². The van der Waals surface area contributed by atoms with Gasteiger partial charge in [-0.15, -0.1) is 0 Å². The van der Waals surface area contributed by atoms with Crippen LogP contribution in [-0.4, -0.2) is 33.5 Å². The van der Waals surface area contributed by atoms with Crippen LogP contribution in [0, 0.1) is 0 Å². The molecular weight excluding hydrogens is 214 g/mol. The summed E-state index contributed by atoms with van der Waals surface area (Å²) in [5.74, 6) is 0. The SMILES string of the molecule is CCOCCCNc1ccccc1CCOC. The summed E-state index contributed by atoms with van der Waals surface area (Å²) in [6, 6.07) is 8.38. The molecule has 0 aromatic heterocycles. The van der Waals surface area contributed by atoms with E-state index in [4.69, 9.17) is 9.47 Å². The number of anilines is 1. The van der Waals surface area contributed by atoms with Crippen LogP contribution in [0.4, 0.5) is 5.69 Å². The van der Waals surface area contributed by atoms with E-state index in [0.717, 1.165) is 39.2 Å². The predicted octanol–water partition coefficient (Wildman–Crippen LogP) is 2.71. The number of ether oxygens (including phenoxy) is 2. The summed E-state index contributed by atoms with van der Waals surface area (Å²) >= 11 is 0. The lowest BCUT2D eigenvalue weighted by Crippen LogP contribution is -2.08. The van der Waals surface area contributed by atoms with Gasteiger partial charge in [-0.25, -0.2) is 0 Å². The molecule has 0 spiro atoms. The average molecular weight is 237 g/mol. The topological polar surface area (TPSA) is 30.5 Å². The highest BCUT2D eigenvalue weighted by Crippen LogP contribution is 2.15. The van der Waals surface area contributed by atoms with Crippen molar-refractivity contribution in [3.05, 3.63) is 29.8 Å². The predicted molar refractivity (Wildman–Crippen MR) is 71.6 cm³/mol. The normalized spacial score (nSPS) is 10.5. The van der Waals surface area contributed by atoms with Crippen LogP contribution in [0.5, 0.6) is 0 Å². The number of hydrogen-bond donors (Lipinski definition) is 1. The van der Waals surface area contributed by atoms with Gasteiger partial charge in [0.1, 0.15) is 0 Å². The van der Waals surface area contributed by atoms with Crippen LogP contribution in [-0.2, 0) is 15.9 Å². The lowest BCUT2D eigenvalue weighted by molar-refractivity contribution is 0.147. The first-order chi connectivity index (χ1) is 8.38. The molecule has 1 aromatic rings. The summed E-state index contributed by atoms with van der Waals surface area (Å²) in [5, 5.41) is 3.45. The molecule has 0 heterocycles. The quantitative estimate of drug-likeness (QED) is 0.670. The molecular formula is C14H23NO2. The van der Waals surface area contributed by atoms with Gasteiger partial charge in [-0.1, -0.05) is 18.2 Å². The fraction of sp³-hybridized carbons (Fsp3) is 0.571. The van der Waals surface area contributed by atoms with E-state index >= 15 is 0 Å². The Balaban J connectivity index is 2.35. The molecule has 3 nitrogen and oxygen atoms in total. The smallest absolute Gasteiger partial charge is 0.0503 e. The second kappa shape index (κ2) is 9.02. The fourth-order valence-electron chi connectivity index (χ4n) is 1.66. The maximum Gasteiger partial charge on any atom is 0.0503 e. The van der Waals surface area contributed by atoms with Crippen molar-refractivity contribution in [3.8, 4) is 0 Å². The van der Waals surface area contributed by atoms with Crippen molar-refractivity contribution in [2.45, 2.75) is 19.8 Å². The van der Waals surface area contributed by atoms with Gasteiger partial charge >= 0.3 is 0 Å². The van der Waals surface area contributed by atoms with E-state index in [1.807, 2.05) is 6.92 Å². The first kappa shape index (κ1) is 14.0. The molecule has 17 heavy (non-hydrogen) atoms. The fourth-order valence-corrected chi connectivity index (χ4v) is 1.66. The second-order valence-corrected chi connectivity index (χ2v) is 3.88. The number of hydrogen-bond acceptors (Lipinski definition) is 3. The monoisotopic (exact) mass is 237 g/mol. The Morgan fingerprint density at radius 3 is 2.76 bits per heavy atom. The van der Waals surface area contributed by atoms with E-state index < -0.39 is 0 Å². The van der Waals surface area contributed by atoms with E-state index in [9.17, 15) is 0 Å². The van der Waals surface area contributed by atoms with Crippen LogP contribution in [0.2, 0.25) is 0 Å². The minimum absolute atomic E-state index is 0.762. The number of nitrogens with one attached hydrogen (secondary N) is 1. The highest BCUT2D eigenvalue weighted by atomic mass is 16.5. The van der Waals surface area contributed by atoms with Gasteiger partial charge < -0.3 is 14.8 Å². The third-order valence-corrected chi connectivity index (χ3v) is 2.58. The van der Waals surface area contributed by atoms with Crippen molar-refractivity contribution in [2.24, 2.45) is 0 Å². The van der Waals surface area contributed by atoms with E-state index in [1.165, 1.54) is 11.3 Å². The van der Waals surface area contributed by atoms with Crippen LogP contribution in [0.3, 0.4) is 0 Å². The average Bonchev–Trinajstić information content (AvgIpc) is 2.37. The van der Waals surface area contributed by atoms with Gasteiger partial charge in [-0.3, -0.25) is 0 Å². The molecule has 0 saturated heterocycles. The molecule has 1 N–H and O–H groups in total. The molecule has 0 radical (unpaired) electrons. The van der Waals surface area contributed by atoms with Gasteiger partial charge in [0, 0.05) is 32.6 Å². The van der Waals surface area contributed by atoms with Gasteiger partial charge in [0.25, 0.3) is 0 Å². The Labute approximate surface area is 104 Å². The standard InChI is InChI=1S/C14H23NO2/c1-3-17-11-6-10-15-14-8-5-4-7-13(14)9-12-16-2/h4-5,7-8,15H,3,6,9-12H2,1-2H3. The summed E-state index contributed by atoms with van der Waals surface area (Å²) < 4.78 is 10.4. The van der Waals surface area contributed by atoms with Crippen LogP contribution < -0.4 is 5.32 Å². The highest BCUT2D eigenvalue weighted by Gasteiger charge is 2.00. The van der Waals surface area contributed by atoms with E-state index in [2.05, 4.69) is 29.6 Å². The molecule has 1 rings (SSSR count). The van der Waals surface area contributed by atoms with Crippen LogP contribution in [0.15, 0.2) is 24.3 Å². The summed E-state index contributed by atoms with van der Waals surface area (Å²) in [7, 11) is 1.73. The zero-order chi connectivity index (χ0) is 12.3. The maximum atomic E-state index is 5.31. The van der Waals surface area contributed by atoms with Crippen molar-refractivity contribution in [2.75, 3.05) is 38.8 Å². The van der Waals surface area contributed by atoms with Crippen LogP contribution in [0.1, 0.15) is 18.9 Å². The van der Waals surface area contributed by atoms with Gasteiger partial charge in [0.05, 0.1) is 6.61 Å². The molecule has 0 saturated carbocycles. The molecule has 0 unspecified atom stereocenters.